The highest BCUT2D eigenvalue weighted by atomic mass is 16.3. The van der Waals surface area contributed by atoms with E-state index < -0.39 is 0 Å². The summed E-state index contributed by atoms with van der Waals surface area (Å²) in [5.41, 5.74) is 1.25. The Hall–Kier alpha value is -0.300. The first-order chi connectivity index (χ1) is 5.65. The van der Waals surface area contributed by atoms with Gasteiger partial charge in [0.2, 0.25) is 0 Å². The van der Waals surface area contributed by atoms with E-state index in [0.717, 1.165) is 5.92 Å². The minimum Gasteiger partial charge on any atom is -0.396 e. The molecule has 1 aliphatic rings. The molecule has 0 bridgehead atoms. The van der Waals surface area contributed by atoms with Gasteiger partial charge in [-0.2, -0.15) is 0 Å². The van der Waals surface area contributed by atoms with Crippen LogP contribution in [0.25, 0.3) is 0 Å². The average Bonchev–Trinajstić information content (AvgIpc) is 2.03. The van der Waals surface area contributed by atoms with E-state index in [0.29, 0.717) is 18.4 Å². The minimum atomic E-state index is 0.335. The minimum absolute atomic E-state index is 0.335. The zero-order valence-corrected chi connectivity index (χ0v) is 8.21. The Morgan fingerprint density at radius 3 is 2.67 bits per heavy atom. The van der Waals surface area contributed by atoms with E-state index in [1.807, 2.05) is 0 Å². The van der Waals surface area contributed by atoms with Gasteiger partial charge in [0.25, 0.3) is 0 Å². The van der Waals surface area contributed by atoms with Gasteiger partial charge in [0.15, 0.2) is 0 Å². The van der Waals surface area contributed by atoms with E-state index in [4.69, 9.17) is 0 Å². The highest BCUT2D eigenvalue weighted by Gasteiger charge is 2.28. The Balaban J connectivity index is 2.56. The molecule has 1 nitrogen and oxygen atoms in total. The quantitative estimate of drug-likeness (QED) is 0.628. The van der Waals surface area contributed by atoms with E-state index in [9.17, 15) is 5.11 Å². The lowest BCUT2D eigenvalue weighted by Gasteiger charge is -2.34. The molecule has 1 unspecified atom stereocenters. The van der Waals surface area contributed by atoms with Crippen molar-refractivity contribution in [3.63, 3.8) is 0 Å². The second-order valence-electron chi connectivity index (χ2n) is 4.31. The lowest BCUT2D eigenvalue weighted by molar-refractivity contribution is 0.127. The van der Waals surface area contributed by atoms with Crippen molar-refractivity contribution in [3.05, 3.63) is 12.2 Å². The van der Waals surface area contributed by atoms with E-state index in [-0.39, 0.29) is 0 Å². The molecule has 1 rings (SSSR count). The third-order valence-electron chi connectivity index (χ3n) is 3.11. The molecule has 3 atom stereocenters. The van der Waals surface area contributed by atoms with Crippen LogP contribution in [0.5, 0.6) is 0 Å². The van der Waals surface area contributed by atoms with Crippen molar-refractivity contribution in [2.45, 2.75) is 33.1 Å². The van der Waals surface area contributed by atoms with Crippen LogP contribution in [0.1, 0.15) is 33.1 Å². The molecule has 0 aromatic rings. The molecule has 1 aliphatic carbocycles. The summed E-state index contributed by atoms with van der Waals surface area (Å²) in [5.74, 6) is 1.84. The Morgan fingerprint density at radius 1 is 1.50 bits per heavy atom. The van der Waals surface area contributed by atoms with Gasteiger partial charge in [0.1, 0.15) is 0 Å². The first kappa shape index (κ1) is 9.79. The smallest absolute Gasteiger partial charge is 0.0465 e. The van der Waals surface area contributed by atoms with Crippen LogP contribution in [0, 0.1) is 17.8 Å². The summed E-state index contributed by atoms with van der Waals surface area (Å²) in [6, 6.07) is 0. The molecule has 1 N–H and O–H groups in total. The van der Waals surface area contributed by atoms with Crippen molar-refractivity contribution in [1.82, 2.24) is 0 Å². The van der Waals surface area contributed by atoms with Gasteiger partial charge in [-0.3, -0.25) is 0 Å². The van der Waals surface area contributed by atoms with Crippen LogP contribution < -0.4 is 0 Å². The van der Waals surface area contributed by atoms with Gasteiger partial charge in [-0.15, -0.1) is 0 Å². The molecule has 1 saturated carbocycles. The standard InChI is InChI=1S/C11H20O/c1-8(2)11-5-4-9(3)6-10(11)7-12/h9-12H,1,4-7H2,2-3H3/t9-,10?,11-/m0/s1. The maximum Gasteiger partial charge on any atom is 0.0465 e. The van der Waals surface area contributed by atoms with Crippen LogP contribution in [-0.2, 0) is 0 Å². The van der Waals surface area contributed by atoms with Crippen LogP contribution in [0.3, 0.4) is 0 Å². The van der Waals surface area contributed by atoms with Crippen molar-refractivity contribution in [1.29, 1.82) is 0 Å². The second-order valence-corrected chi connectivity index (χ2v) is 4.31. The molecule has 0 aliphatic heterocycles. The summed E-state index contributed by atoms with van der Waals surface area (Å²) in [7, 11) is 0. The number of hydrogen-bond acceptors (Lipinski definition) is 1. The molecule has 0 saturated heterocycles. The summed E-state index contributed by atoms with van der Waals surface area (Å²) < 4.78 is 0. The topological polar surface area (TPSA) is 20.2 Å². The fraction of sp³-hybridized carbons (Fsp3) is 0.818. The van der Waals surface area contributed by atoms with Crippen LogP contribution in [0.4, 0.5) is 0 Å². The van der Waals surface area contributed by atoms with Gasteiger partial charge in [-0.1, -0.05) is 25.5 Å². The average molecular weight is 168 g/mol. The van der Waals surface area contributed by atoms with Gasteiger partial charge in [0, 0.05) is 6.61 Å². The van der Waals surface area contributed by atoms with Crippen molar-refractivity contribution in [2.24, 2.45) is 17.8 Å². The molecular formula is C11H20O. The molecule has 12 heavy (non-hydrogen) atoms. The lowest BCUT2D eigenvalue weighted by Crippen LogP contribution is -2.27. The molecule has 1 fully saturated rings. The molecule has 0 radical (unpaired) electrons. The van der Waals surface area contributed by atoms with Crippen molar-refractivity contribution < 1.29 is 5.11 Å². The van der Waals surface area contributed by atoms with Crippen LogP contribution in [0.15, 0.2) is 12.2 Å². The predicted octanol–water partition coefficient (Wildman–Crippen LogP) is 2.61. The van der Waals surface area contributed by atoms with Crippen LogP contribution in [0.2, 0.25) is 0 Å². The maximum absolute atomic E-state index is 9.19. The third-order valence-corrected chi connectivity index (χ3v) is 3.11. The summed E-state index contributed by atoms with van der Waals surface area (Å²) >= 11 is 0. The summed E-state index contributed by atoms with van der Waals surface area (Å²) in [5, 5.41) is 9.19. The third kappa shape index (κ3) is 2.10. The van der Waals surface area contributed by atoms with Crippen LogP contribution >= 0.6 is 0 Å². The molecule has 0 aromatic carbocycles. The van der Waals surface area contributed by atoms with Gasteiger partial charge in [-0.05, 0) is 37.5 Å². The largest absolute Gasteiger partial charge is 0.396 e. The predicted molar refractivity (Wildman–Crippen MR) is 51.9 cm³/mol. The number of aliphatic hydroxyl groups excluding tert-OH is 1. The molecular weight excluding hydrogens is 148 g/mol. The van der Waals surface area contributed by atoms with Crippen molar-refractivity contribution in [3.8, 4) is 0 Å². The highest BCUT2D eigenvalue weighted by Crippen LogP contribution is 2.36. The second kappa shape index (κ2) is 4.08. The zero-order chi connectivity index (χ0) is 9.14. The first-order valence-electron chi connectivity index (χ1n) is 4.91. The van der Waals surface area contributed by atoms with Crippen molar-refractivity contribution >= 4 is 0 Å². The number of hydrogen-bond donors (Lipinski definition) is 1. The number of aliphatic hydroxyl groups is 1. The summed E-state index contributed by atoms with van der Waals surface area (Å²) in [6.07, 6.45) is 3.70. The first-order valence-corrected chi connectivity index (χ1v) is 4.91. The Morgan fingerprint density at radius 2 is 2.17 bits per heavy atom. The van der Waals surface area contributed by atoms with Gasteiger partial charge in [0.05, 0.1) is 0 Å². The number of rotatable bonds is 2. The van der Waals surface area contributed by atoms with E-state index in [1.165, 1.54) is 24.8 Å². The van der Waals surface area contributed by atoms with Gasteiger partial charge < -0.3 is 5.11 Å². The summed E-state index contributed by atoms with van der Waals surface area (Å²) in [6.45, 7) is 8.69. The Bertz CT molecular complexity index is 162. The molecule has 0 aromatic heterocycles. The zero-order valence-electron chi connectivity index (χ0n) is 8.21. The van der Waals surface area contributed by atoms with Crippen LogP contribution in [-0.4, -0.2) is 11.7 Å². The fourth-order valence-corrected chi connectivity index (χ4v) is 2.35. The molecule has 1 heteroatoms. The Kier molecular flexibility index (Phi) is 3.33. The Labute approximate surface area is 75.5 Å². The maximum atomic E-state index is 9.19. The SMILES string of the molecule is C=C(C)[C@@H]1CC[C@H](C)CC1CO. The van der Waals surface area contributed by atoms with E-state index in [2.05, 4.69) is 20.4 Å². The number of allylic oxidation sites excluding steroid dienone is 1. The van der Waals surface area contributed by atoms with E-state index in [1.54, 1.807) is 0 Å². The highest BCUT2D eigenvalue weighted by molar-refractivity contribution is 5.01. The molecule has 0 amide bonds. The molecule has 0 spiro atoms. The lowest BCUT2D eigenvalue weighted by atomic mass is 9.72. The van der Waals surface area contributed by atoms with E-state index >= 15 is 0 Å². The summed E-state index contributed by atoms with van der Waals surface area (Å²) in [4.78, 5) is 0. The normalized spacial score (nSPS) is 36.4. The monoisotopic (exact) mass is 168 g/mol. The van der Waals surface area contributed by atoms with Gasteiger partial charge in [-0.25, -0.2) is 0 Å². The van der Waals surface area contributed by atoms with Crippen molar-refractivity contribution in [2.75, 3.05) is 6.61 Å². The van der Waals surface area contributed by atoms with Gasteiger partial charge >= 0.3 is 0 Å². The molecule has 0 heterocycles. The molecule has 70 valence electrons. The fourth-order valence-electron chi connectivity index (χ4n) is 2.35.